The number of alkyl halides is 3. The summed E-state index contributed by atoms with van der Waals surface area (Å²) < 4.78 is 44.9. The van der Waals surface area contributed by atoms with Crippen LogP contribution in [0.4, 0.5) is 13.2 Å². The maximum absolute atomic E-state index is 13.1. The van der Waals surface area contributed by atoms with Crippen molar-refractivity contribution in [3.63, 3.8) is 0 Å². The molecule has 0 saturated heterocycles. The second kappa shape index (κ2) is 7.32. The van der Waals surface area contributed by atoms with Crippen molar-refractivity contribution < 1.29 is 17.9 Å². The number of H-pyrrole nitrogens is 1. The molecule has 0 amide bonds. The lowest BCUT2D eigenvalue weighted by Crippen LogP contribution is -2.11. The van der Waals surface area contributed by atoms with Crippen molar-refractivity contribution in [1.29, 1.82) is 10.5 Å². The zero-order chi connectivity index (χ0) is 21.5. The van der Waals surface area contributed by atoms with Crippen molar-refractivity contribution in [2.45, 2.75) is 24.9 Å². The SMILES string of the molecule is N#Cc1nc(-c2ccc(Oc3nc(C4CC4)cc(C(F)(F)F)n3)cc2Cl)[nH]c1C#N. The normalized spacial score (nSPS) is 13.5. The third-order valence-electron chi connectivity index (χ3n) is 4.34. The zero-order valence-corrected chi connectivity index (χ0v) is 15.7. The molecule has 2 aromatic heterocycles. The van der Waals surface area contributed by atoms with Gasteiger partial charge >= 0.3 is 12.2 Å². The van der Waals surface area contributed by atoms with Crippen molar-refractivity contribution in [1.82, 2.24) is 19.9 Å². The molecule has 30 heavy (non-hydrogen) atoms. The number of imidazole rings is 1. The van der Waals surface area contributed by atoms with Crippen LogP contribution in [-0.4, -0.2) is 19.9 Å². The highest BCUT2D eigenvalue weighted by Crippen LogP contribution is 2.41. The molecule has 1 aliphatic rings. The highest BCUT2D eigenvalue weighted by molar-refractivity contribution is 6.33. The molecule has 1 aliphatic carbocycles. The first kappa shape index (κ1) is 19.7. The molecule has 11 heteroatoms. The molecule has 0 spiro atoms. The average Bonchev–Trinajstić information content (AvgIpc) is 3.47. The van der Waals surface area contributed by atoms with Crippen molar-refractivity contribution in [2.75, 3.05) is 0 Å². The van der Waals surface area contributed by atoms with Crippen LogP contribution in [0, 0.1) is 22.7 Å². The molecule has 1 saturated carbocycles. The fourth-order valence-electron chi connectivity index (χ4n) is 2.74. The number of aromatic nitrogens is 4. The minimum atomic E-state index is -4.62. The predicted molar refractivity (Wildman–Crippen MR) is 97.5 cm³/mol. The number of hydrogen-bond donors (Lipinski definition) is 1. The van der Waals surface area contributed by atoms with Crippen LogP contribution in [0.2, 0.25) is 5.02 Å². The second-order valence-corrected chi connectivity index (χ2v) is 6.92. The Bertz CT molecular complexity index is 1190. The highest BCUT2D eigenvalue weighted by Gasteiger charge is 2.36. The molecule has 1 aromatic carbocycles. The number of ether oxygens (including phenoxy) is 1. The molecular weight excluding hydrogens is 421 g/mol. The molecule has 0 aliphatic heterocycles. The van der Waals surface area contributed by atoms with E-state index in [1.165, 1.54) is 18.2 Å². The lowest BCUT2D eigenvalue weighted by Gasteiger charge is -2.11. The number of aromatic amines is 1. The maximum Gasteiger partial charge on any atom is 0.433 e. The van der Waals surface area contributed by atoms with Crippen LogP contribution in [0.3, 0.4) is 0 Å². The number of benzene rings is 1. The largest absolute Gasteiger partial charge is 0.433 e. The lowest BCUT2D eigenvalue weighted by molar-refractivity contribution is -0.141. The molecule has 4 rings (SSSR count). The Labute approximate surface area is 172 Å². The van der Waals surface area contributed by atoms with E-state index in [1.54, 1.807) is 6.07 Å². The first-order valence-electron chi connectivity index (χ1n) is 8.62. The summed E-state index contributed by atoms with van der Waals surface area (Å²) in [6.45, 7) is 0. The van der Waals surface area contributed by atoms with Crippen LogP contribution in [0.1, 0.15) is 41.5 Å². The van der Waals surface area contributed by atoms with Crippen LogP contribution in [0.25, 0.3) is 11.4 Å². The van der Waals surface area contributed by atoms with Gasteiger partial charge in [0, 0.05) is 17.5 Å². The fraction of sp³-hybridized carbons (Fsp3) is 0.211. The molecule has 1 N–H and O–H groups in total. The monoisotopic (exact) mass is 430 g/mol. The van der Waals surface area contributed by atoms with E-state index in [0.717, 1.165) is 18.9 Å². The molecule has 0 bridgehead atoms. The highest BCUT2D eigenvalue weighted by atomic mass is 35.5. The Morgan fingerprint density at radius 1 is 1.10 bits per heavy atom. The van der Waals surface area contributed by atoms with Crippen LogP contribution in [-0.2, 0) is 6.18 Å². The summed E-state index contributed by atoms with van der Waals surface area (Å²) in [5, 5.41) is 18.2. The van der Waals surface area contributed by atoms with Crippen molar-refractivity contribution in [3.05, 3.63) is 52.1 Å². The Hall–Kier alpha value is -3.63. The Kier molecular flexibility index (Phi) is 4.80. The third-order valence-corrected chi connectivity index (χ3v) is 4.65. The van der Waals surface area contributed by atoms with E-state index in [-0.39, 0.29) is 33.9 Å². The van der Waals surface area contributed by atoms with E-state index in [2.05, 4.69) is 19.9 Å². The van der Waals surface area contributed by atoms with E-state index in [0.29, 0.717) is 11.3 Å². The molecule has 3 aromatic rings. The number of nitriles is 2. The summed E-state index contributed by atoms with van der Waals surface area (Å²) in [6.07, 6.45) is -3.08. The number of hydrogen-bond acceptors (Lipinski definition) is 6. The van der Waals surface area contributed by atoms with Gasteiger partial charge in [0.1, 0.15) is 23.7 Å². The quantitative estimate of drug-likeness (QED) is 0.626. The maximum atomic E-state index is 13.1. The first-order valence-corrected chi connectivity index (χ1v) is 9.00. The second-order valence-electron chi connectivity index (χ2n) is 6.51. The molecule has 150 valence electrons. The van der Waals surface area contributed by atoms with E-state index in [1.807, 2.05) is 6.07 Å². The molecular formula is C19H10ClF3N6O. The first-order chi connectivity index (χ1) is 14.3. The van der Waals surface area contributed by atoms with Crippen LogP contribution < -0.4 is 4.74 Å². The smallest absolute Gasteiger partial charge is 0.424 e. The van der Waals surface area contributed by atoms with Gasteiger partial charge in [-0.05, 0) is 31.0 Å². The summed E-state index contributed by atoms with van der Waals surface area (Å²) in [7, 11) is 0. The molecule has 1 fully saturated rings. The van der Waals surface area contributed by atoms with Crippen molar-refractivity contribution in [2.24, 2.45) is 0 Å². The number of halogens is 4. The van der Waals surface area contributed by atoms with E-state index >= 15 is 0 Å². The minimum Gasteiger partial charge on any atom is -0.424 e. The standard InChI is InChI=1S/C19H10ClF3N6O/c20-12-5-10(3-4-11(12)17-26-14(7-24)15(8-25)27-17)30-18-28-13(9-1-2-9)6-16(29-18)19(21,22)23/h3-6,9H,1-2H2,(H,26,27). The van der Waals surface area contributed by atoms with Gasteiger partial charge in [-0.15, -0.1) is 0 Å². The van der Waals surface area contributed by atoms with E-state index in [9.17, 15) is 13.2 Å². The van der Waals surface area contributed by atoms with Crippen LogP contribution in [0.5, 0.6) is 11.8 Å². The van der Waals surface area contributed by atoms with Gasteiger partial charge in [0.2, 0.25) is 0 Å². The zero-order valence-electron chi connectivity index (χ0n) is 15.0. The summed E-state index contributed by atoms with van der Waals surface area (Å²) >= 11 is 6.25. The Morgan fingerprint density at radius 2 is 1.87 bits per heavy atom. The summed E-state index contributed by atoms with van der Waals surface area (Å²) in [4.78, 5) is 14.2. The number of nitrogens with one attached hydrogen (secondary N) is 1. The summed E-state index contributed by atoms with van der Waals surface area (Å²) in [6, 6.07) is 8.43. The molecule has 2 heterocycles. The van der Waals surface area contributed by atoms with Crippen molar-refractivity contribution in [3.8, 4) is 35.3 Å². The average molecular weight is 431 g/mol. The van der Waals surface area contributed by atoms with Gasteiger partial charge in [0.25, 0.3) is 0 Å². The van der Waals surface area contributed by atoms with Gasteiger partial charge in [-0.1, -0.05) is 11.6 Å². The molecule has 0 radical (unpaired) electrons. The van der Waals surface area contributed by atoms with E-state index < -0.39 is 17.9 Å². The number of rotatable bonds is 4. The topological polar surface area (TPSA) is 111 Å². The molecule has 0 unspecified atom stereocenters. The van der Waals surface area contributed by atoms with Gasteiger partial charge in [-0.2, -0.15) is 33.7 Å². The predicted octanol–water partition coefficient (Wildman–Crippen LogP) is 4.95. The van der Waals surface area contributed by atoms with Gasteiger partial charge in [0.15, 0.2) is 17.1 Å². The van der Waals surface area contributed by atoms with Gasteiger partial charge in [-0.25, -0.2) is 4.98 Å². The van der Waals surface area contributed by atoms with Crippen LogP contribution >= 0.6 is 11.6 Å². The van der Waals surface area contributed by atoms with Gasteiger partial charge in [0.05, 0.1) is 10.7 Å². The minimum absolute atomic E-state index is 0.00568. The van der Waals surface area contributed by atoms with E-state index in [4.69, 9.17) is 26.9 Å². The lowest BCUT2D eigenvalue weighted by atomic mass is 10.2. The number of nitrogens with zero attached hydrogens (tertiary/aromatic N) is 5. The molecule has 0 atom stereocenters. The third kappa shape index (κ3) is 3.91. The van der Waals surface area contributed by atoms with Gasteiger partial charge < -0.3 is 9.72 Å². The Morgan fingerprint density at radius 3 is 2.43 bits per heavy atom. The molecule has 7 nitrogen and oxygen atoms in total. The summed E-state index contributed by atoms with van der Waals surface area (Å²) in [5.74, 6) is 0.299. The summed E-state index contributed by atoms with van der Waals surface area (Å²) in [5.41, 5.74) is -0.479. The van der Waals surface area contributed by atoms with Crippen LogP contribution in [0.15, 0.2) is 24.3 Å². The fourth-order valence-corrected chi connectivity index (χ4v) is 3.00. The van der Waals surface area contributed by atoms with Gasteiger partial charge in [-0.3, -0.25) is 0 Å². The Balaban J connectivity index is 1.65. The van der Waals surface area contributed by atoms with Crippen molar-refractivity contribution >= 4 is 11.6 Å².